The number of carboxylic acid groups (broad SMARTS) is 1. The first-order chi connectivity index (χ1) is 13.0. The van der Waals surface area contributed by atoms with Crippen LogP contribution in [0.4, 0.5) is 0 Å². The quantitative estimate of drug-likeness (QED) is 0.703. The lowest BCUT2D eigenvalue weighted by Gasteiger charge is -2.23. The van der Waals surface area contributed by atoms with Crippen molar-refractivity contribution in [2.24, 2.45) is 5.92 Å². The molecule has 3 aromatic rings. The van der Waals surface area contributed by atoms with E-state index in [9.17, 15) is 14.7 Å². The van der Waals surface area contributed by atoms with Crippen molar-refractivity contribution in [1.82, 2.24) is 15.1 Å². The first-order valence-corrected chi connectivity index (χ1v) is 8.66. The van der Waals surface area contributed by atoms with Crippen molar-refractivity contribution in [2.45, 2.75) is 19.9 Å². The van der Waals surface area contributed by atoms with Gasteiger partial charge in [-0.25, -0.2) is 4.68 Å². The number of carbonyl (C=O) groups is 2. The minimum absolute atomic E-state index is 0.319. The molecule has 2 atom stereocenters. The van der Waals surface area contributed by atoms with Crippen LogP contribution in [0.3, 0.4) is 0 Å². The molecule has 0 saturated carbocycles. The predicted octanol–water partition coefficient (Wildman–Crippen LogP) is 3.37. The van der Waals surface area contributed by atoms with Crippen molar-refractivity contribution in [1.29, 1.82) is 0 Å². The summed E-state index contributed by atoms with van der Waals surface area (Å²) in [5.74, 6) is -2.05. The maximum atomic E-state index is 12.7. The van der Waals surface area contributed by atoms with E-state index in [0.29, 0.717) is 5.56 Å². The summed E-state index contributed by atoms with van der Waals surface area (Å²) in [7, 11) is 0. The van der Waals surface area contributed by atoms with E-state index < -0.39 is 17.9 Å². The standard InChI is InChI=1S/C21H21N3O3/c1-14-12-22-24(13-14)18-10-8-17(9-11-18)20(25)23-19(15(2)21(26)27)16-6-4-3-5-7-16/h3-13,15,19H,1-2H3,(H,23,25)(H,26,27). The maximum absolute atomic E-state index is 12.7. The van der Waals surface area contributed by atoms with Crippen LogP contribution in [0.2, 0.25) is 0 Å². The molecule has 2 N–H and O–H groups in total. The molecule has 0 fully saturated rings. The van der Waals surface area contributed by atoms with Crippen LogP contribution in [0.15, 0.2) is 67.0 Å². The molecule has 1 amide bonds. The Bertz CT molecular complexity index is 933. The van der Waals surface area contributed by atoms with Gasteiger partial charge in [-0.05, 0) is 49.2 Å². The molecule has 0 aliphatic carbocycles. The van der Waals surface area contributed by atoms with Gasteiger partial charge in [0.05, 0.1) is 23.8 Å². The van der Waals surface area contributed by atoms with Gasteiger partial charge in [0.2, 0.25) is 0 Å². The zero-order valence-corrected chi connectivity index (χ0v) is 15.2. The highest BCUT2D eigenvalue weighted by Crippen LogP contribution is 2.23. The fourth-order valence-electron chi connectivity index (χ4n) is 2.84. The van der Waals surface area contributed by atoms with Crippen LogP contribution in [0.25, 0.3) is 5.69 Å². The fourth-order valence-corrected chi connectivity index (χ4v) is 2.84. The lowest BCUT2D eigenvalue weighted by Crippen LogP contribution is -2.35. The lowest BCUT2D eigenvalue weighted by atomic mass is 9.94. The van der Waals surface area contributed by atoms with Crippen molar-refractivity contribution in [3.05, 3.63) is 83.7 Å². The molecule has 2 aromatic carbocycles. The number of aryl methyl sites for hydroxylation is 1. The number of aromatic nitrogens is 2. The zero-order chi connectivity index (χ0) is 19.4. The van der Waals surface area contributed by atoms with Crippen molar-refractivity contribution in [3.63, 3.8) is 0 Å². The van der Waals surface area contributed by atoms with Gasteiger partial charge in [-0.1, -0.05) is 30.3 Å². The van der Waals surface area contributed by atoms with Gasteiger partial charge in [0.15, 0.2) is 0 Å². The second kappa shape index (κ2) is 7.86. The smallest absolute Gasteiger partial charge is 0.308 e. The summed E-state index contributed by atoms with van der Waals surface area (Å²) < 4.78 is 1.73. The zero-order valence-electron chi connectivity index (χ0n) is 15.2. The average Bonchev–Trinajstić information content (AvgIpc) is 3.12. The number of hydrogen-bond donors (Lipinski definition) is 2. The first kappa shape index (κ1) is 18.4. The van der Waals surface area contributed by atoms with E-state index in [1.165, 1.54) is 0 Å². The summed E-state index contributed by atoms with van der Waals surface area (Å²) in [6, 6.07) is 15.5. The topological polar surface area (TPSA) is 84.2 Å². The molecule has 2 unspecified atom stereocenters. The number of carboxylic acids is 1. The molecule has 6 nitrogen and oxygen atoms in total. The molecule has 27 heavy (non-hydrogen) atoms. The molecule has 0 radical (unpaired) electrons. The molecule has 0 aliphatic heterocycles. The largest absolute Gasteiger partial charge is 0.481 e. The van der Waals surface area contributed by atoms with Crippen LogP contribution in [0.1, 0.15) is 34.5 Å². The minimum Gasteiger partial charge on any atom is -0.481 e. The summed E-state index contributed by atoms with van der Waals surface area (Å²) in [6.07, 6.45) is 3.66. The normalized spacial score (nSPS) is 13.0. The van der Waals surface area contributed by atoms with Crippen molar-refractivity contribution in [2.75, 3.05) is 0 Å². The third-order valence-electron chi connectivity index (χ3n) is 4.44. The van der Waals surface area contributed by atoms with E-state index in [-0.39, 0.29) is 5.91 Å². The molecule has 0 bridgehead atoms. The third-order valence-corrected chi connectivity index (χ3v) is 4.44. The summed E-state index contributed by atoms with van der Waals surface area (Å²) in [4.78, 5) is 24.2. The SMILES string of the molecule is Cc1cnn(-c2ccc(C(=O)NC(c3ccccc3)C(C)C(=O)O)cc2)c1. The molecule has 1 aromatic heterocycles. The second-order valence-electron chi connectivity index (χ2n) is 6.50. The van der Waals surface area contributed by atoms with Gasteiger partial charge in [-0.3, -0.25) is 9.59 Å². The van der Waals surface area contributed by atoms with Gasteiger partial charge in [-0.2, -0.15) is 5.10 Å². The number of nitrogens with zero attached hydrogens (tertiary/aromatic N) is 2. The van der Waals surface area contributed by atoms with Crippen LogP contribution in [0.5, 0.6) is 0 Å². The van der Waals surface area contributed by atoms with Gasteiger partial charge in [0.25, 0.3) is 5.91 Å². The molecule has 3 rings (SSSR count). The number of nitrogens with one attached hydrogen (secondary N) is 1. The van der Waals surface area contributed by atoms with Gasteiger partial charge in [0.1, 0.15) is 0 Å². The fraction of sp³-hybridized carbons (Fsp3) is 0.190. The summed E-state index contributed by atoms with van der Waals surface area (Å²) in [6.45, 7) is 3.54. The Labute approximate surface area is 157 Å². The van der Waals surface area contributed by atoms with E-state index in [0.717, 1.165) is 16.8 Å². The Morgan fingerprint density at radius 3 is 2.30 bits per heavy atom. The van der Waals surface area contributed by atoms with E-state index in [2.05, 4.69) is 10.4 Å². The number of hydrogen-bond acceptors (Lipinski definition) is 3. The van der Waals surface area contributed by atoms with Gasteiger partial charge in [0, 0.05) is 11.8 Å². The van der Waals surface area contributed by atoms with Crippen LogP contribution in [-0.4, -0.2) is 26.8 Å². The summed E-state index contributed by atoms with van der Waals surface area (Å²) in [5, 5.41) is 16.5. The monoisotopic (exact) mass is 363 g/mol. The number of carbonyl (C=O) groups excluding carboxylic acids is 1. The Kier molecular flexibility index (Phi) is 5.35. The number of rotatable bonds is 6. The summed E-state index contributed by atoms with van der Waals surface area (Å²) in [5.41, 5.74) is 3.11. The molecule has 0 spiro atoms. The van der Waals surface area contributed by atoms with Crippen molar-refractivity contribution in [3.8, 4) is 5.69 Å². The number of amides is 1. The van der Waals surface area contributed by atoms with Crippen LogP contribution < -0.4 is 5.32 Å². The van der Waals surface area contributed by atoms with Crippen LogP contribution in [0, 0.1) is 12.8 Å². The van der Waals surface area contributed by atoms with Crippen LogP contribution in [-0.2, 0) is 4.79 Å². The summed E-state index contributed by atoms with van der Waals surface area (Å²) >= 11 is 0. The lowest BCUT2D eigenvalue weighted by molar-refractivity contribution is -0.142. The molecule has 138 valence electrons. The van der Waals surface area contributed by atoms with Crippen molar-refractivity contribution < 1.29 is 14.7 Å². The van der Waals surface area contributed by atoms with Gasteiger partial charge < -0.3 is 10.4 Å². The van der Waals surface area contributed by atoms with E-state index >= 15 is 0 Å². The third kappa shape index (κ3) is 4.23. The van der Waals surface area contributed by atoms with E-state index in [1.807, 2.05) is 43.5 Å². The molecule has 0 saturated heterocycles. The Hall–Kier alpha value is -3.41. The van der Waals surface area contributed by atoms with E-state index in [1.54, 1.807) is 42.1 Å². The first-order valence-electron chi connectivity index (χ1n) is 8.66. The minimum atomic E-state index is -0.964. The molecular formula is C21H21N3O3. The number of aliphatic carboxylic acids is 1. The molecule has 0 aliphatic rings. The number of benzene rings is 2. The van der Waals surface area contributed by atoms with Gasteiger partial charge in [-0.15, -0.1) is 0 Å². The van der Waals surface area contributed by atoms with E-state index in [4.69, 9.17) is 0 Å². The average molecular weight is 363 g/mol. The van der Waals surface area contributed by atoms with Gasteiger partial charge >= 0.3 is 5.97 Å². The van der Waals surface area contributed by atoms with Crippen LogP contribution >= 0.6 is 0 Å². The Morgan fingerprint density at radius 2 is 1.74 bits per heavy atom. The molecule has 6 heteroatoms. The highest BCUT2D eigenvalue weighted by atomic mass is 16.4. The highest BCUT2D eigenvalue weighted by molar-refractivity contribution is 5.95. The Morgan fingerprint density at radius 1 is 1.07 bits per heavy atom. The molecule has 1 heterocycles. The Balaban J connectivity index is 1.80. The molecular weight excluding hydrogens is 342 g/mol. The maximum Gasteiger partial charge on any atom is 0.308 e. The predicted molar refractivity (Wildman–Crippen MR) is 102 cm³/mol. The second-order valence-corrected chi connectivity index (χ2v) is 6.50. The highest BCUT2D eigenvalue weighted by Gasteiger charge is 2.27. The van der Waals surface area contributed by atoms with Crippen molar-refractivity contribution >= 4 is 11.9 Å².